The summed E-state index contributed by atoms with van der Waals surface area (Å²) in [6, 6.07) is 0. The molecule has 0 aromatic carbocycles. The molecule has 0 aromatic rings. The van der Waals surface area contributed by atoms with E-state index in [0.717, 1.165) is 19.3 Å². The molecular formula is C6H12O2S. The van der Waals surface area contributed by atoms with Gasteiger partial charge in [0.2, 0.25) is 0 Å². The number of hydrogen-bond donors (Lipinski definition) is 1. The van der Waals surface area contributed by atoms with Crippen LogP contribution in [0.1, 0.15) is 26.2 Å². The van der Waals surface area contributed by atoms with Gasteiger partial charge in [-0.3, -0.25) is 0 Å². The summed E-state index contributed by atoms with van der Waals surface area (Å²) in [4.78, 5) is 0. The molecule has 1 N–H and O–H groups in total. The van der Waals surface area contributed by atoms with Crippen LogP contribution in [-0.4, -0.2) is 14.0 Å². The molecule has 1 fully saturated rings. The molecule has 2 atom stereocenters. The monoisotopic (exact) mass is 148 g/mol. The first kappa shape index (κ1) is 7.22. The lowest BCUT2D eigenvalue weighted by atomic mass is 10.2. The second-order valence-electron chi connectivity index (χ2n) is 2.56. The zero-order valence-electron chi connectivity index (χ0n) is 5.54. The molecular weight excluding hydrogens is 136 g/mol. The van der Waals surface area contributed by atoms with Gasteiger partial charge in [0.15, 0.2) is 11.1 Å². The van der Waals surface area contributed by atoms with E-state index in [4.69, 9.17) is 4.55 Å². The largest absolute Gasteiger partial charge is 0.306 e. The van der Waals surface area contributed by atoms with Crippen LogP contribution >= 0.6 is 0 Å². The van der Waals surface area contributed by atoms with Gasteiger partial charge in [-0.2, -0.15) is 0 Å². The van der Waals surface area contributed by atoms with E-state index < -0.39 is 11.1 Å². The van der Waals surface area contributed by atoms with E-state index in [1.165, 1.54) is 0 Å². The van der Waals surface area contributed by atoms with E-state index in [1.54, 1.807) is 0 Å². The highest BCUT2D eigenvalue weighted by Crippen LogP contribution is 2.36. The average molecular weight is 148 g/mol. The lowest BCUT2D eigenvalue weighted by Crippen LogP contribution is -2.15. The highest BCUT2D eigenvalue weighted by Gasteiger charge is 2.33. The van der Waals surface area contributed by atoms with Crippen LogP contribution in [0.4, 0.5) is 0 Å². The van der Waals surface area contributed by atoms with Gasteiger partial charge in [0.25, 0.3) is 0 Å². The molecule has 3 heteroatoms. The van der Waals surface area contributed by atoms with Crippen LogP contribution in [0.2, 0.25) is 0 Å². The topological polar surface area (TPSA) is 37.3 Å². The fourth-order valence-corrected chi connectivity index (χ4v) is 2.00. The summed E-state index contributed by atoms with van der Waals surface area (Å²) in [5, 5.41) is 0.0602. The Hall–Kier alpha value is 0.110. The molecule has 0 heterocycles. The third-order valence-corrected chi connectivity index (χ3v) is 3.05. The zero-order valence-corrected chi connectivity index (χ0v) is 6.36. The molecule has 0 bridgehead atoms. The highest BCUT2D eigenvalue weighted by molar-refractivity contribution is 7.79. The first-order valence-corrected chi connectivity index (χ1v) is 4.52. The van der Waals surface area contributed by atoms with Crippen molar-refractivity contribution in [2.24, 2.45) is 5.92 Å². The minimum atomic E-state index is -1.57. The predicted molar refractivity (Wildman–Crippen MR) is 37.6 cm³/mol. The Kier molecular flexibility index (Phi) is 2.24. The summed E-state index contributed by atoms with van der Waals surface area (Å²) >= 11 is -1.57. The van der Waals surface area contributed by atoms with Crippen LogP contribution in [0.15, 0.2) is 0 Å². The molecule has 1 rings (SSSR count). The van der Waals surface area contributed by atoms with Crippen LogP contribution in [0.25, 0.3) is 0 Å². The van der Waals surface area contributed by atoms with Gasteiger partial charge in [-0.1, -0.05) is 6.92 Å². The third kappa shape index (κ3) is 1.76. The maximum absolute atomic E-state index is 10.5. The Labute approximate surface area is 57.9 Å². The van der Waals surface area contributed by atoms with Gasteiger partial charge in [-0.25, -0.2) is 4.21 Å². The Morgan fingerprint density at radius 1 is 1.78 bits per heavy atom. The van der Waals surface area contributed by atoms with E-state index in [2.05, 4.69) is 0 Å². The molecule has 0 radical (unpaired) electrons. The quantitative estimate of drug-likeness (QED) is 0.614. The van der Waals surface area contributed by atoms with Crippen LogP contribution < -0.4 is 0 Å². The van der Waals surface area contributed by atoms with Crippen molar-refractivity contribution < 1.29 is 8.76 Å². The molecule has 2 nitrogen and oxygen atoms in total. The van der Waals surface area contributed by atoms with Gasteiger partial charge in [0.05, 0.1) is 5.25 Å². The molecule has 0 spiro atoms. The Morgan fingerprint density at radius 2 is 2.33 bits per heavy atom. The predicted octanol–water partition coefficient (Wildman–Crippen LogP) is 1.40. The minimum Gasteiger partial charge on any atom is -0.306 e. The molecule has 1 saturated carbocycles. The van der Waals surface area contributed by atoms with Gasteiger partial charge in [0, 0.05) is 0 Å². The van der Waals surface area contributed by atoms with Crippen LogP contribution in [0.3, 0.4) is 0 Å². The standard InChI is InChI=1S/C6H12O2S/c1-2-6(9(7)8)5-3-4-5/h5-6H,2-4H2,1H3,(H,7,8). The maximum Gasteiger partial charge on any atom is 0.156 e. The van der Waals surface area contributed by atoms with E-state index in [1.807, 2.05) is 6.92 Å². The first-order chi connectivity index (χ1) is 4.25. The highest BCUT2D eigenvalue weighted by atomic mass is 32.2. The van der Waals surface area contributed by atoms with Crippen LogP contribution in [-0.2, 0) is 11.1 Å². The fraction of sp³-hybridized carbons (Fsp3) is 1.00. The summed E-state index contributed by atoms with van der Waals surface area (Å²) in [5.41, 5.74) is 0. The van der Waals surface area contributed by atoms with Crippen LogP contribution in [0, 0.1) is 5.92 Å². The SMILES string of the molecule is CCC(C1CC1)S(=O)O. The van der Waals surface area contributed by atoms with Gasteiger partial charge >= 0.3 is 0 Å². The second-order valence-corrected chi connectivity index (χ2v) is 3.72. The van der Waals surface area contributed by atoms with E-state index in [-0.39, 0.29) is 5.25 Å². The Morgan fingerprint density at radius 3 is 2.44 bits per heavy atom. The van der Waals surface area contributed by atoms with Crippen molar-refractivity contribution in [2.75, 3.05) is 0 Å². The molecule has 2 unspecified atom stereocenters. The van der Waals surface area contributed by atoms with Crippen molar-refractivity contribution in [1.82, 2.24) is 0 Å². The summed E-state index contributed by atoms with van der Waals surface area (Å²) in [6.07, 6.45) is 3.16. The third-order valence-electron chi connectivity index (χ3n) is 1.81. The van der Waals surface area contributed by atoms with Gasteiger partial charge in [-0.15, -0.1) is 0 Å². The zero-order chi connectivity index (χ0) is 6.85. The van der Waals surface area contributed by atoms with Gasteiger partial charge in [0.1, 0.15) is 0 Å². The molecule has 54 valence electrons. The molecule has 0 amide bonds. The molecule has 1 aliphatic carbocycles. The summed E-state index contributed by atoms with van der Waals surface area (Å²) < 4.78 is 19.2. The van der Waals surface area contributed by atoms with Crippen molar-refractivity contribution in [2.45, 2.75) is 31.4 Å². The molecule has 0 aromatic heterocycles. The molecule has 0 saturated heterocycles. The lowest BCUT2D eigenvalue weighted by Gasteiger charge is -2.06. The van der Waals surface area contributed by atoms with E-state index in [9.17, 15) is 4.21 Å². The smallest absolute Gasteiger partial charge is 0.156 e. The van der Waals surface area contributed by atoms with Crippen LogP contribution in [0.5, 0.6) is 0 Å². The van der Waals surface area contributed by atoms with Gasteiger partial charge in [-0.05, 0) is 25.2 Å². The van der Waals surface area contributed by atoms with Crippen molar-refractivity contribution in [1.29, 1.82) is 0 Å². The van der Waals surface area contributed by atoms with Crippen molar-refractivity contribution in [3.8, 4) is 0 Å². The number of hydrogen-bond acceptors (Lipinski definition) is 1. The molecule has 9 heavy (non-hydrogen) atoms. The molecule has 1 aliphatic rings. The normalized spacial score (nSPS) is 25.6. The van der Waals surface area contributed by atoms with E-state index in [0.29, 0.717) is 5.92 Å². The number of rotatable bonds is 3. The lowest BCUT2D eigenvalue weighted by molar-refractivity contribution is 0.531. The van der Waals surface area contributed by atoms with E-state index >= 15 is 0 Å². The van der Waals surface area contributed by atoms with Crippen molar-refractivity contribution >= 4 is 11.1 Å². The maximum atomic E-state index is 10.5. The van der Waals surface area contributed by atoms with Crippen molar-refractivity contribution in [3.63, 3.8) is 0 Å². The summed E-state index contributed by atoms with van der Waals surface area (Å²) in [6.45, 7) is 1.97. The summed E-state index contributed by atoms with van der Waals surface area (Å²) in [5.74, 6) is 0.556. The van der Waals surface area contributed by atoms with Crippen molar-refractivity contribution in [3.05, 3.63) is 0 Å². The fourth-order valence-electron chi connectivity index (χ4n) is 1.11. The Balaban J connectivity index is 2.37. The van der Waals surface area contributed by atoms with Gasteiger partial charge < -0.3 is 4.55 Å². The minimum absolute atomic E-state index is 0.0602. The average Bonchev–Trinajstić information content (AvgIpc) is 2.50. The first-order valence-electron chi connectivity index (χ1n) is 3.35. The Bertz CT molecular complexity index is 120. The summed E-state index contributed by atoms with van der Waals surface area (Å²) in [7, 11) is 0. The second kappa shape index (κ2) is 2.80. The molecule has 0 aliphatic heterocycles.